The Morgan fingerprint density at radius 3 is 2.50 bits per heavy atom. The lowest BCUT2D eigenvalue weighted by molar-refractivity contribution is -0.144. The molecule has 4 nitrogen and oxygen atoms in total. The summed E-state index contributed by atoms with van der Waals surface area (Å²) in [5.41, 5.74) is 0. The molecule has 0 spiro atoms. The van der Waals surface area contributed by atoms with Crippen LogP contribution in [0.25, 0.3) is 0 Å². The molecule has 0 radical (unpaired) electrons. The van der Waals surface area contributed by atoms with E-state index in [1.807, 2.05) is 0 Å². The third-order valence-electron chi connectivity index (χ3n) is 1.17. The van der Waals surface area contributed by atoms with E-state index < -0.39 is 5.97 Å². The molecule has 0 saturated heterocycles. The number of hydrogen-bond donors (Lipinski definition) is 0. The minimum absolute atomic E-state index is 0.0655. The molecule has 0 aliphatic rings. The Hall–Kier alpha value is -1.50. The highest BCUT2D eigenvalue weighted by molar-refractivity contribution is 5.95. The van der Waals surface area contributed by atoms with E-state index in [2.05, 4.69) is 16.6 Å². The van der Waals surface area contributed by atoms with Crippen molar-refractivity contribution in [2.45, 2.75) is 6.92 Å². The number of amides is 1. The Bertz CT molecular complexity index is 236. The fraction of sp³-hybridized carbons (Fsp3) is 0.500. The number of hydrogen-bond acceptors (Lipinski definition) is 3. The van der Waals surface area contributed by atoms with Gasteiger partial charge in [-0.15, -0.1) is 0 Å². The van der Waals surface area contributed by atoms with Gasteiger partial charge < -0.3 is 9.64 Å². The van der Waals surface area contributed by atoms with Crippen molar-refractivity contribution in [2.24, 2.45) is 0 Å². The average Bonchev–Trinajstić information content (AvgIpc) is 2.04. The summed E-state index contributed by atoms with van der Waals surface area (Å²) in [6, 6.07) is 0. The van der Waals surface area contributed by atoms with E-state index in [9.17, 15) is 9.59 Å². The number of carbonyl (C=O) groups is 2. The zero-order valence-corrected chi connectivity index (χ0v) is 7.38. The predicted molar refractivity (Wildman–Crippen MR) is 43.1 cm³/mol. The topological polar surface area (TPSA) is 46.6 Å². The number of ether oxygens (including phenoxy) is 1. The Balaban J connectivity index is 4.01. The third-order valence-corrected chi connectivity index (χ3v) is 1.17. The Kier molecular flexibility index (Phi) is 4.54. The van der Waals surface area contributed by atoms with Gasteiger partial charge in [-0.3, -0.25) is 9.59 Å². The van der Waals surface area contributed by atoms with Gasteiger partial charge >= 0.3 is 5.97 Å². The average molecular weight is 169 g/mol. The smallest absolute Gasteiger partial charge is 0.325 e. The molecule has 0 bridgehead atoms. The molecule has 0 heterocycles. The molecular formula is C8H11NO3. The predicted octanol–water partition coefficient (Wildman–Crippen LogP) is -0.359. The molecule has 0 N–H and O–H groups in total. The highest BCUT2D eigenvalue weighted by Crippen LogP contribution is 1.84. The number of likely N-dealkylation sites (N-methyl/N-ethyl adjacent to an activating group) is 1. The summed E-state index contributed by atoms with van der Waals surface area (Å²) in [6.07, 6.45) is 0. The first kappa shape index (κ1) is 10.5. The number of methoxy groups -OCH3 is 1. The number of carbonyl (C=O) groups excluding carboxylic acids is 2. The summed E-state index contributed by atoms with van der Waals surface area (Å²) in [6.45, 7) is 1.49. The molecule has 66 valence electrons. The lowest BCUT2D eigenvalue weighted by Gasteiger charge is -2.10. The molecule has 0 aliphatic heterocycles. The summed E-state index contributed by atoms with van der Waals surface area (Å²) in [4.78, 5) is 22.8. The molecule has 0 aromatic heterocycles. The zero-order valence-electron chi connectivity index (χ0n) is 7.38. The number of rotatable bonds is 2. The highest BCUT2D eigenvalue weighted by atomic mass is 16.5. The van der Waals surface area contributed by atoms with Crippen LogP contribution in [-0.4, -0.2) is 37.5 Å². The van der Waals surface area contributed by atoms with Crippen molar-refractivity contribution >= 4 is 11.9 Å². The fourth-order valence-corrected chi connectivity index (χ4v) is 0.532. The van der Waals surface area contributed by atoms with Gasteiger partial charge in [-0.05, 0) is 12.8 Å². The van der Waals surface area contributed by atoms with E-state index in [-0.39, 0.29) is 12.5 Å². The number of nitrogens with zero attached hydrogens (tertiary/aromatic N) is 1. The Labute approximate surface area is 71.5 Å². The van der Waals surface area contributed by atoms with Crippen LogP contribution in [0.5, 0.6) is 0 Å². The first-order valence-corrected chi connectivity index (χ1v) is 3.36. The maximum absolute atomic E-state index is 10.9. The van der Waals surface area contributed by atoms with Gasteiger partial charge in [0.25, 0.3) is 5.91 Å². The van der Waals surface area contributed by atoms with E-state index in [1.54, 1.807) is 6.92 Å². The normalized spacial score (nSPS) is 7.92. The summed E-state index contributed by atoms with van der Waals surface area (Å²) in [5.74, 6) is 3.91. The molecule has 4 heteroatoms. The van der Waals surface area contributed by atoms with Gasteiger partial charge in [0.15, 0.2) is 0 Å². The minimum Gasteiger partial charge on any atom is -0.468 e. The zero-order chi connectivity index (χ0) is 9.56. The van der Waals surface area contributed by atoms with E-state index in [1.165, 1.54) is 19.1 Å². The van der Waals surface area contributed by atoms with Crippen molar-refractivity contribution in [3.05, 3.63) is 0 Å². The van der Waals surface area contributed by atoms with Gasteiger partial charge in [-0.1, -0.05) is 5.92 Å². The van der Waals surface area contributed by atoms with E-state index in [0.29, 0.717) is 0 Å². The van der Waals surface area contributed by atoms with Gasteiger partial charge in [0.2, 0.25) is 0 Å². The molecule has 12 heavy (non-hydrogen) atoms. The van der Waals surface area contributed by atoms with Crippen molar-refractivity contribution in [1.82, 2.24) is 4.90 Å². The van der Waals surface area contributed by atoms with E-state index in [0.717, 1.165) is 0 Å². The second kappa shape index (κ2) is 5.19. The lowest BCUT2D eigenvalue weighted by Crippen LogP contribution is -2.31. The van der Waals surface area contributed by atoms with Crippen LogP contribution in [0.1, 0.15) is 6.92 Å². The van der Waals surface area contributed by atoms with Crippen molar-refractivity contribution in [3.8, 4) is 11.8 Å². The number of esters is 1. The molecule has 0 aliphatic carbocycles. The quantitative estimate of drug-likeness (QED) is 0.419. The van der Waals surface area contributed by atoms with Crippen LogP contribution >= 0.6 is 0 Å². The molecule has 0 aromatic rings. The summed E-state index contributed by atoms with van der Waals surface area (Å²) in [7, 11) is 2.76. The summed E-state index contributed by atoms with van der Waals surface area (Å²) in [5, 5.41) is 0. The minimum atomic E-state index is -0.455. The molecule has 0 unspecified atom stereocenters. The largest absolute Gasteiger partial charge is 0.468 e. The standard InChI is InChI=1S/C8H11NO3/c1-4-5-7(10)9(2)6-8(11)12-3/h6H2,1-3H3. The van der Waals surface area contributed by atoms with Crippen LogP contribution in [0.3, 0.4) is 0 Å². The molecule has 0 rings (SSSR count). The molecule has 0 fully saturated rings. The molecule has 0 saturated carbocycles. The second-order valence-corrected chi connectivity index (χ2v) is 2.11. The van der Waals surface area contributed by atoms with Gasteiger partial charge in [0, 0.05) is 7.05 Å². The molecule has 0 aromatic carbocycles. The second-order valence-electron chi connectivity index (χ2n) is 2.11. The van der Waals surface area contributed by atoms with Crippen molar-refractivity contribution < 1.29 is 14.3 Å². The molecular weight excluding hydrogens is 158 g/mol. The SMILES string of the molecule is CC#CC(=O)N(C)CC(=O)OC. The van der Waals surface area contributed by atoms with Crippen molar-refractivity contribution in [1.29, 1.82) is 0 Å². The van der Waals surface area contributed by atoms with Crippen molar-refractivity contribution in [2.75, 3.05) is 20.7 Å². The monoisotopic (exact) mass is 169 g/mol. The first-order valence-electron chi connectivity index (χ1n) is 3.36. The summed E-state index contributed by atoms with van der Waals surface area (Å²) < 4.78 is 4.37. The molecule has 1 amide bonds. The van der Waals surface area contributed by atoms with Crippen LogP contribution < -0.4 is 0 Å². The lowest BCUT2D eigenvalue weighted by atomic mass is 10.5. The Morgan fingerprint density at radius 1 is 1.50 bits per heavy atom. The van der Waals surface area contributed by atoms with Gasteiger partial charge in [0.1, 0.15) is 6.54 Å². The maximum Gasteiger partial charge on any atom is 0.325 e. The fourth-order valence-electron chi connectivity index (χ4n) is 0.532. The van der Waals surface area contributed by atoms with Crippen LogP contribution in [0.2, 0.25) is 0 Å². The first-order chi connectivity index (χ1) is 5.61. The van der Waals surface area contributed by atoms with Crippen molar-refractivity contribution in [3.63, 3.8) is 0 Å². The Morgan fingerprint density at radius 2 is 2.08 bits per heavy atom. The van der Waals surface area contributed by atoms with Gasteiger partial charge in [-0.25, -0.2) is 0 Å². The van der Waals surface area contributed by atoms with Crippen LogP contribution in [-0.2, 0) is 14.3 Å². The third kappa shape index (κ3) is 3.62. The van der Waals surface area contributed by atoms with E-state index in [4.69, 9.17) is 0 Å². The molecule has 0 atom stereocenters. The van der Waals surface area contributed by atoms with Crippen LogP contribution in [0.4, 0.5) is 0 Å². The highest BCUT2D eigenvalue weighted by Gasteiger charge is 2.09. The van der Waals surface area contributed by atoms with Crippen LogP contribution in [0, 0.1) is 11.8 Å². The summed E-state index contributed by atoms with van der Waals surface area (Å²) >= 11 is 0. The van der Waals surface area contributed by atoms with E-state index >= 15 is 0 Å². The van der Waals surface area contributed by atoms with Crippen LogP contribution in [0.15, 0.2) is 0 Å². The maximum atomic E-state index is 10.9. The van der Waals surface area contributed by atoms with Gasteiger partial charge in [0.05, 0.1) is 7.11 Å². The van der Waals surface area contributed by atoms with Gasteiger partial charge in [-0.2, -0.15) is 0 Å².